The average molecular weight is 247 g/mol. The summed E-state index contributed by atoms with van der Waals surface area (Å²) < 4.78 is 5.30. The maximum absolute atomic E-state index is 9.09. The number of likely N-dealkylation sites (tertiary alicyclic amines) is 1. The van der Waals surface area contributed by atoms with Crippen LogP contribution in [0.25, 0.3) is 6.08 Å². The second-order valence-corrected chi connectivity index (χ2v) is 4.74. The second-order valence-electron chi connectivity index (χ2n) is 4.74. The Balaban J connectivity index is 1.88. The molecule has 1 N–H and O–H groups in total. The smallest absolute Gasteiger partial charge is 0.126 e. The monoisotopic (exact) mass is 247 g/mol. The molecule has 0 bridgehead atoms. The quantitative estimate of drug-likeness (QED) is 0.864. The first kappa shape index (κ1) is 13.1. The van der Waals surface area contributed by atoms with Crippen LogP contribution in [0.4, 0.5) is 0 Å². The van der Waals surface area contributed by atoms with E-state index in [9.17, 15) is 0 Å². The maximum Gasteiger partial charge on any atom is 0.126 e. The average Bonchev–Trinajstić information content (AvgIpc) is 2.87. The molecule has 0 aliphatic carbocycles. The second kappa shape index (κ2) is 6.57. The van der Waals surface area contributed by atoms with Crippen molar-refractivity contribution in [2.75, 3.05) is 33.4 Å². The summed E-state index contributed by atoms with van der Waals surface area (Å²) in [5.74, 6) is 1.37. The van der Waals surface area contributed by atoms with Gasteiger partial charge in [0.15, 0.2) is 0 Å². The number of rotatable bonds is 5. The molecule has 3 nitrogen and oxygen atoms in total. The molecule has 98 valence electrons. The van der Waals surface area contributed by atoms with E-state index < -0.39 is 0 Å². The summed E-state index contributed by atoms with van der Waals surface area (Å²) in [6.07, 6.45) is 5.38. The van der Waals surface area contributed by atoms with E-state index >= 15 is 0 Å². The van der Waals surface area contributed by atoms with Crippen LogP contribution in [-0.2, 0) is 0 Å². The molecular formula is C15H21NO2. The lowest BCUT2D eigenvalue weighted by Crippen LogP contribution is -2.21. The summed E-state index contributed by atoms with van der Waals surface area (Å²) in [6, 6.07) is 8.01. The van der Waals surface area contributed by atoms with Crippen LogP contribution in [0, 0.1) is 5.92 Å². The van der Waals surface area contributed by atoms with Crippen molar-refractivity contribution in [3.8, 4) is 5.75 Å². The normalized spacial score (nSPS) is 20.7. The third kappa shape index (κ3) is 3.34. The third-order valence-corrected chi connectivity index (χ3v) is 3.43. The van der Waals surface area contributed by atoms with Crippen LogP contribution in [-0.4, -0.2) is 43.4 Å². The van der Waals surface area contributed by atoms with Crippen LogP contribution in [0.3, 0.4) is 0 Å². The molecule has 3 heteroatoms. The summed E-state index contributed by atoms with van der Waals surface area (Å²) >= 11 is 0. The lowest BCUT2D eigenvalue weighted by atomic mass is 10.1. The van der Waals surface area contributed by atoms with Crippen LogP contribution >= 0.6 is 0 Å². The highest BCUT2D eigenvalue weighted by molar-refractivity contribution is 5.57. The van der Waals surface area contributed by atoms with Gasteiger partial charge < -0.3 is 9.84 Å². The molecule has 1 atom stereocenters. The molecule has 1 unspecified atom stereocenters. The molecule has 0 spiro atoms. The Morgan fingerprint density at radius 3 is 3.00 bits per heavy atom. The summed E-state index contributed by atoms with van der Waals surface area (Å²) in [5, 5.41) is 9.09. The zero-order valence-corrected chi connectivity index (χ0v) is 10.9. The van der Waals surface area contributed by atoms with Crippen molar-refractivity contribution in [3.05, 3.63) is 35.9 Å². The highest BCUT2D eigenvalue weighted by Crippen LogP contribution is 2.19. The molecule has 0 radical (unpaired) electrons. The largest absolute Gasteiger partial charge is 0.496 e. The minimum absolute atomic E-state index is 0.312. The van der Waals surface area contributed by atoms with Crippen molar-refractivity contribution < 1.29 is 9.84 Å². The molecule has 1 aliphatic heterocycles. The minimum Gasteiger partial charge on any atom is -0.496 e. The number of para-hydroxylation sites is 1. The number of hydrogen-bond acceptors (Lipinski definition) is 3. The zero-order chi connectivity index (χ0) is 12.8. The van der Waals surface area contributed by atoms with E-state index in [4.69, 9.17) is 9.84 Å². The lowest BCUT2D eigenvalue weighted by molar-refractivity contribution is 0.225. The van der Waals surface area contributed by atoms with Gasteiger partial charge in [-0.05, 0) is 24.9 Å². The van der Waals surface area contributed by atoms with Gasteiger partial charge in [-0.25, -0.2) is 0 Å². The van der Waals surface area contributed by atoms with Gasteiger partial charge in [-0.3, -0.25) is 4.90 Å². The van der Waals surface area contributed by atoms with E-state index in [-0.39, 0.29) is 0 Å². The van der Waals surface area contributed by atoms with E-state index in [1.807, 2.05) is 18.2 Å². The number of aliphatic hydroxyl groups excluding tert-OH is 1. The zero-order valence-electron chi connectivity index (χ0n) is 10.9. The number of nitrogens with zero attached hydrogens (tertiary/aromatic N) is 1. The van der Waals surface area contributed by atoms with Crippen molar-refractivity contribution in [1.29, 1.82) is 0 Å². The first-order chi connectivity index (χ1) is 8.83. The maximum atomic E-state index is 9.09. The number of ether oxygens (including phenoxy) is 1. The highest BCUT2D eigenvalue weighted by Gasteiger charge is 2.20. The highest BCUT2D eigenvalue weighted by atomic mass is 16.5. The lowest BCUT2D eigenvalue weighted by Gasteiger charge is -2.12. The van der Waals surface area contributed by atoms with E-state index in [1.165, 1.54) is 0 Å². The standard InChI is InChI=1S/C15H21NO2/c1-18-15-7-3-2-5-14(15)6-4-9-16-10-8-13(11-16)12-17/h2-7,13,17H,8-12H2,1H3/b6-4+. The predicted molar refractivity (Wildman–Crippen MR) is 73.7 cm³/mol. The summed E-state index contributed by atoms with van der Waals surface area (Å²) in [5.41, 5.74) is 1.11. The molecule has 1 aromatic carbocycles. The molecule has 2 rings (SSSR count). The van der Waals surface area contributed by atoms with Gasteiger partial charge in [-0.15, -0.1) is 0 Å². The Labute approximate surface area is 109 Å². The van der Waals surface area contributed by atoms with Crippen molar-refractivity contribution >= 4 is 6.08 Å². The molecule has 18 heavy (non-hydrogen) atoms. The van der Waals surface area contributed by atoms with Gasteiger partial charge in [-0.2, -0.15) is 0 Å². The Morgan fingerprint density at radius 2 is 2.28 bits per heavy atom. The van der Waals surface area contributed by atoms with E-state index in [1.54, 1.807) is 7.11 Å². The third-order valence-electron chi connectivity index (χ3n) is 3.43. The van der Waals surface area contributed by atoms with Crippen molar-refractivity contribution in [2.24, 2.45) is 5.92 Å². The summed E-state index contributed by atoms with van der Waals surface area (Å²) in [4.78, 5) is 2.37. The van der Waals surface area contributed by atoms with Gasteiger partial charge in [-0.1, -0.05) is 30.4 Å². The molecule has 1 aliphatic rings. The van der Waals surface area contributed by atoms with Crippen molar-refractivity contribution in [1.82, 2.24) is 4.90 Å². The minimum atomic E-state index is 0.312. The van der Waals surface area contributed by atoms with Crippen molar-refractivity contribution in [2.45, 2.75) is 6.42 Å². The molecule has 1 aromatic rings. The summed E-state index contributed by atoms with van der Waals surface area (Å²) in [6.45, 7) is 3.34. The van der Waals surface area contributed by atoms with E-state index in [0.717, 1.165) is 37.4 Å². The number of aliphatic hydroxyl groups is 1. The predicted octanol–water partition coefficient (Wildman–Crippen LogP) is 2.02. The van der Waals surface area contributed by atoms with E-state index in [2.05, 4.69) is 23.1 Å². The molecule has 1 fully saturated rings. The number of hydrogen-bond donors (Lipinski definition) is 1. The Bertz CT molecular complexity index is 403. The van der Waals surface area contributed by atoms with Gasteiger partial charge >= 0.3 is 0 Å². The molecule has 0 saturated carbocycles. The topological polar surface area (TPSA) is 32.7 Å². The van der Waals surface area contributed by atoms with Gasteiger partial charge in [0.25, 0.3) is 0 Å². The number of methoxy groups -OCH3 is 1. The Hall–Kier alpha value is -1.32. The van der Waals surface area contributed by atoms with Crippen LogP contribution in [0.15, 0.2) is 30.3 Å². The van der Waals surface area contributed by atoms with Gasteiger partial charge in [0.2, 0.25) is 0 Å². The summed E-state index contributed by atoms with van der Waals surface area (Å²) in [7, 11) is 1.69. The first-order valence-electron chi connectivity index (χ1n) is 6.46. The molecule has 1 heterocycles. The SMILES string of the molecule is COc1ccccc1/C=C/CN1CCC(CO)C1. The van der Waals surface area contributed by atoms with Crippen LogP contribution in [0.2, 0.25) is 0 Å². The molecule has 0 amide bonds. The Morgan fingerprint density at radius 1 is 1.44 bits per heavy atom. The van der Waals surface area contributed by atoms with Gasteiger partial charge in [0.1, 0.15) is 5.75 Å². The van der Waals surface area contributed by atoms with Gasteiger partial charge in [0, 0.05) is 25.3 Å². The van der Waals surface area contributed by atoms with Crippen LogP contribution in [0.1, 0.15) is 12.0 Å². The fraction of sp³-hybridized carbons (Fsp3) is 0.467. The van der Waals surface area contributed by atoms with Crippen LogP contribution < -0.4 is 4.74 Å². The molecular weight excluding hydrogens is 226 g/mol. The number of benzene rings is 1. The fourth-order valence-corrected chi connectivity index (χ4v) is 2.36. The Kier molecular flexibility index (Phi) is 4.79. The first-order valence-corrected chi connectivity index (χ1v) is 6.46. The molecule has 0 aromatic heterocycles. The van der Waals surface area contributed by atoms with Crippen LogP contribution in [0.5, 0.6) is 5.75 Å². The van der Waals surface area contributed by atoms with E-state index in [0.29, 0.717) is 12.5 Å². The van der Waals surface area contributed by atoms with Gasteiger partial charge in [0.05, 0.1) is 7.11 Å². The molecule has 1 saturated heterocycles. The fourth-order valence-electron chi connectivity index (χ4n) is 2.36. The van der Waals surface area contributed by atoms with Crippen molar-refractivity contribution in [3.63, 3.8) is 0 Å².